The first kappa shape index (κ1) is 19.1. The number of amides is 1. The molecule has 0 radical (unpaired) electrons. The molecule has 1 aliphatic carbocycles. The van der Waals surface area contributed by atoms with Gasteiger partial charge in [0.25, 0.3) is 5.56 Å². The number of furan rings is 1. The number of carbonyl (C=O) groups is 1. The largest absolute Gasteiger partial charge is 0.444 e. The molecule has 4 aromatic heterocycles. The Hall–Kier alpha value is -2.92. The Labute approximate surface area is 178 Å². The molecule has 0 saturated heterocycles. The molecule has 1 saturated carbocycles. The Kier molecular flexibility index (Phi) is 4.70. The molecule has 1 aliphatic rings. The van der Waals surface area contributed by atoms with Gasteiger partial charge in [-0.3, -0.25) is 19.5 Å². The van der Waals surface area contributed by atoms with Crippen LogP contribution in [0.4, 0.5) is 5.88 Å². The van der Waals surface area contributed by atoms with E-state index in [0.29, 0.717) is 28.3 Å². The number of aromatic nitrogens is 5. The predicted octanol–water partition coefficient (Wildman–Crippen LogP) is 3.52. The van der Waals surface area contributed by atoms with E-state index in [9.17, 15) is 9.59 Å². The molecule has 0 aliphatic heterocycles. The van der Waals surface area contributed by atoms with Gasteiger partial charge in [-0.25, -0.2) is 5.10 Å². The molecule has 9 nitrogen and oxygen atoms in total. The number of H-pyrrole nitrogens is 1. The molecule has 2 N–H and O–H groups in total. The van der Waals surface area contributed by atoms with Crippen molar-refractivity contribution in [3.8, 4) is 10.7 Å². The van der Waals surface area contributed by atoms with Crippen molar-refractivity contribution in [1.82, 2.24) is 25.0 Å². The van der Waals surface area contributed by atoms with E-state index in [4.69, 9.17) is 4.42 Å². The minimum atomic E-state index is -0.399. The summed E-state index contributed by atoms with van der Waals surface area (Å²) < 4.78 is 7.76. The second-order valence-corrected chi connectivity index (χ2v) is 8.99. The van der Waals surface area contributed by atoms with Crippen LogP contribution < -0.4 is 10.9 Å². The Balaban J connectivity index is 1.35. The molecule has 5 rings (SSSR count). The number of carbonyl (C=O) groups excluding carboxylic acids is 1. The lowest BCUT2D eigenvalue weighted by Gasteiger charge is -2.07. The van der Waals surface area contributed by atoms with Crippen molar-refractivity contribution < 1.29 is 9.21 Å². The quantitative estimate of drug-likeness (QED) is 0.439. The van der Waals surface area contributed by atoms with E-state index in [1.54, 1.807) is 25.2 Å². The van der Waals surface area contributed by atoms with Crippen LogP contribution in [0, 0.1) is 13.8 Å². The van der Waals surface area contributed by atoms with Crippen molar-refractivity contribution >= 4 is 45.7 Å². The van der Waals surface area contributed by atoms with E-state index < -0.39 is 5.56 Å². The zero-order valence-corrected chi connectivity index (χ0v) is 17.9. The molecular weight excluding hydrogens is 424 g/mol. The fourth-order valence-electron chi connectivity index (χ4n) is 3.44. The van der Waals surface area contributed by atoms with Crippen molar-refractivity contribution in [3.05, 3.63) is 39.3 Å². The number of thioether (sulfide) groups is 1. The molecule has 1 fully saturated rings. The van der Waals surface area contributed by atoms with Gasteiger partial charge in [-0.2, -0.15) is 5.10 Å². The molecule has 0 unspecified atom stereocenters. The molecule has 1 amide bonds. The van der Waals surface area contributed by atoms with E-state index in [0.717, 1.165) is 28.7 Å². The Bertz CT molecular complexity index is 1300. The van der Waals surface area contributed by atoms with Crippen molar-refractivity contribution in [2.75, 3.05) is 11.1 Å². The maximum absolute atomic E-state index is 12.6. The van der Waals surface area contributed by atoms with Crippen LogP contribution in [0.25, 0.3) is 21.5 Å². The molecule has 30 heavy (non-hydrogen) atoms. The summed E-state index contributed by atoms with van der Waals surface area (Å²) >= 11 is 2.94. The van der Waals surface area contributed by atoms with Crippen LogP contribution in [0.15, 0.2) is 31.9 Å². The second-order valence-electron chi connectivity index (χ2n) is 7.10. The average molecular weight is 443 g/mol. The normalized spacial score (nSPS) is 13.8. The van der Waals surface area contributed by atoms with Gasteiger partial charge in [-0.15, -0.1) is 21.5 Å². The van der Waals surface area contributed by atoms with Crippen LogP contribution in [0.3, 0.4) is 0 Å². The molecule has 0 spiro atoms. The standard InChI is InChI=1S/C19H18N6O3S2/c1-9-14-10(2)28-18(15(14)17(27)23-21-9)20-13(26)8-30-19-24-22-16(12-4-3-7-29-12)25(19)11-5-6-11/h3-4,7,11H,5-6,8H2,1-2H3,(H,20,26)(H,23,27). The van der Waals surface area contributed by atoms with E-state index in [-0.39, 0.29) is 17.5 Å². The molecule has 0 bridgehead atoms. The summed E-state index contributed by atoms with van der Waals surface area (Å²) in [6.45, 7) is 3.52. The zero-order chi connectivity index (χ0) is 20.8. The van der Waals surface area contributed by atoms with Gasteiger partial charge in [0.15, 0.2) is 11.0 Å². The summed E-state index contributed by atoms with van der Waals surface area (Å²) in [6, 6.07) is 4.39. The van der Waals surface area contributed by atoms with E-state index in [1.807, 2.05) is 17.5 Å². The van der Waals surface area contributed by atoms with Crippen LogP contribution in [-0.4, -0.2) is 36.6 Å². The van der Waals surface area contributed by atoms with Crippen molar-refractivity contribution in [2.24, 2.45) is 0 Å². The van der Waals surface area contributed by atoms with Crippen molar-refractivity contribution in [1.29, 1.82) is 0 Å². The highest BCUT2D eigenvalue weighted by molar-refractivity contribution is 7.99. The fraction of sp³-hybridized carbons (Fsp3) is 0.316. The first-order valence-electron chi connectivity index (χ1n) is 9.42. The average Bonchev–Trinajstić information content (AvgIpc) is 3.13. The van der Waals surface area contributed by atoms with Crippen molar-refractivity contribution in [3.63, 3.8) is 0 Å². The summed E-state index contributed by atoms with van der Waals surface area (Å²) in [4.78, 5) is 25.9. The highest BCUT2D eigenvalue weighted by Crippen LogP contribution is 2.41. The van der Waals surface area contributed by atoms with Gasteiger partial charge >= 0.3 is 0 Å². The number of hydrogen-bond acceptors (Lipinski definition) is 8. The number of nitrogens with zero attached hydrogens (tertiary/aromatic N) is 4. The third kappa shape index (κ3) is 3.33. The summed E-state index contributed by atoms with van der Waals surface area (Å²) in [5.41, 5.74) is 0.240. The molecular formula is C19H18N6O3S2. The summed E-state index contributed by atoms with van der Waals surface area (Å²) in [5, 5.41) is 21.4. The number of anilines is 1. The van der Waals surface area contributed by atoms with Crippen LogP contribution >= 0.6 is 23.1 Å². The lowest BCUT2D eigenvalue weighted by molar-refractivity contribution is -0.113. The van der Waals surface area contributed by atoms with Gasteiger partial charge in [-0.1, -0.05) is 17.8 Å². The highest BCUT2D eigenvalue weighted by atomic mass is 32.2. The number of nitrogens with one attached hydrogen (secondary N) is 2. The van der Waals surface area contributed by atoms with Crippen LogP contribution in [0.2, 0.25) is 0 Å². The number of aromatic amines is 1. The van der Waals surface area contributed by atoms with Gasteiger partial charge in [0.1, 0.15) is 11.1 Å². The van der Waals surface area contributed by atoms with Crippen LogP contribution in [0.5, 0.6) is 0 Å². The summed E-state index contributed by atoms with van der Waals surface area (Å²) in [7, 11) is 0. The first-order chi connectivity index (χ1) is 14.5. The number of hydrogen-bond donors (Lipinski definition) is 2. The van der Waals surface area contributed by atoms with Gasteiger partial charge in [0.05, 0.1) is 21.7 Å². The highest BCUT2D eigenvalue weighted by Gasteiger charge is 2.30. The van der Waals surface area contributed by atoms with Gasteiger partial charge in [-0.05, 0) is 38.1 Å². The predicted molar refractivity (Wildman–Crippen MR) is 115 cm³/mol. The molecule has 154 valence electrons. The lowest BCUT2D eigenvalue weighted by Crippen LogP contribution is -2.17. The molecule has 4 heterocycles. The van der Waals surface area contributed by atoms with Crippen LogP contribution in [0.1, 0.15) is 30.3 Å². The number of fused-ring (bicyclic) bond motifs is 1. The smallest absolute Gasteiger partial charge is 0.277 e. The monoisotopic (exact) mass is 442 g/mol. The second kappa shape index (κ2) is 7.40. The Morgan fingerprint density at radius 2 is 2.20 bits per heavy atom. The van der Waals surface area contributed by atoms with Crippen molar-refractivity contribution in [2.45, 2.75) is 37.9 Å². The molecule has 0 atom stereocenters. The third-order valence-corrected chi connectivity index (χ3v) is 6.71. The van der Waals surface area contributed by atoms with Gasteiger partial charge in [0, 0.05) is 6.04 Å². The summed E-state index contributed by atoms with van der Waals surface area (Å²) in [5.74, 6) is 1.37. The minimum Gasteiger partial charge on any atom is -0.444 e. The van der Waals surface area contributed by atoms with E-state index in [2.05, 4.69) is 30.3 Å². The lowest BCUT2D eigenvalue weighted by atomic mass is 10.2. The number of thiophene rings is 1. The Morgan fingerprint density at radius 1 is 1.37 bits per heavy atom. The zero-order valence-electron chi connectivity index (χ0n) is 16.3. The van der Waals surface area contributed by atoms with Crippen LogP contribution in [-0.2, 0) is 4.79 Å². The molecule has 4 aromatic rings. The number of rotatable bonds is 6. The minimum absolute atomic E-state index is 0.124. The SMILES string of the molecule is Cc1n[nH]c(=O)c2c(NC(=O)CSc3nnc(-c4cccs4)n3C3CC3)oc(C)c12. The Morgan fingerprint density at radius 3 is 2.93 bits per heavy atom. The fourth-order valence-corrected chi connectivity index (χ4v) is 4.95. The number of aryl methyl sites for hydroxylation is 2. The van der Waals surface area contributed by atoms with Gasteiger partial charge in [0.2, 0.25) is 11.8 Å². The maximum atomic E-state index is 12.6. The first-order valence-corrected chi connectivity index (χ1v) is 11.3. The maximum Gasteiger partial charge on any atom is 0.277 e. The third-order valence-electron chi connectivity index (χ3n) is 4.90. The summed E-state index contributed by atoms with van der Waals surface area (Å²) in [6.07, 6.45) is 2.17. The van der Waals surface area contributed by atoms with Gasteiger partial charge < -0.3 is 4.42 Å². The molecule has 11 heteroatoms. The van der Waals surface area contributed by atoms with E-state index >= 15 is 0 Å². The topological polar surface area (TPSA) is 119 Å². The van der Waals surface area contributed by atoms with E-state index in [1.165, 1.54) is 11.8 Å². The molecule has 0 aromatic carbocycles.